The van der Waals surface area contributed by atoms with Gasteiger partial charge in [0.2, 0.25) is 5.91 Å². The number of hydrogen-bond acceptors (Lipinski definition) is 6. The van der Waals surface area contributed by atoms with Crippen LogP contribution < -0.4 is 10.8 Å². The summed E-state index contributed by atoms with van der Waals surface area (Å²) in [5.41, 5.74) is 2.78. The maximum atomic E-state index is 13.0. The maximum absolute atomic E-state index is 13.0. The Kier molecular flexibility index (Phi) is 8.80. The smallest absolute Gasteiger partial charge is 0.333 e. The van der Waals surface area contributed by atoms with Crippen LogP contribution >= 0.6 is 0 Å². The normalized spacial score (nSPS) is 17.3. The predicted octanol–water partition coefficient (Wildman–Crippen LogP) is 2.17. The van der Waals surface area contributed by atoms with Crippen LogP contribution in [0.3, 0.4) is 0 Å². The number of esters is 1. The predicted molar refractivity (Wildman–Crippen MR) is 109 cm³/mol. The fourth-order valence-corrected chi connectivity index (χ4v) is 3.80. The van der Waals surface area contributed by atoms with Crippen LogP contribution in [0.1, 0.15) is 63.1 Å². The van der Waals surface area contributed by atoms with Crippen molar-refractivity contribution in [3.05, 3.63) is 35.4 Å². The largest absolute Gasteiger partial charge is 0.461 e. The maximum Gasteiger partial charge on any atom is 0.333 e. The molecular weight excluding hydrogens is 388 g/mol. The van der Waals surface area contributed by atoms with Crippen molar-refractivity contribution >= 4 is 17.8 Å². The molecule has 30 heavy (non-hydrogen) atoms. The summed E-state index contributed by atoms with van der Waals surface area (Å²) < 4.78 is 5.64. The third-order valence-electron chi connectivity index (χ3n) is 5.43. The van der Waals surface area contributed by atoms with Crippen molar-refractivity contribution in [3.63, 3.8) is 0 Å². The summed E-state index contributed by atoms with van der Waals surface area (Å²) >= 11 is 0. The molecule has 0 saturated heterocycles. The molecule has 2 amide bonds. The quantitative estimate of drug-likeness (QED) is 0.276. The summed E-state index contributed by atoms with van der Waals surface area (Å²) in [5, 5.41) is 21.8. The van der Waals surface area contributed by atoms with E-state index < -0.39 is 35.8 Å². The molecule has 1 fully saturated rings. The number of aryl methyl sites for hydroxylation is 1. The molecule has 4 N–H and O–H groups in total. The molecule has 3 atom stereocenters. The van der Waals surface area contributed by atoms with Gasteiger partial charge in [-0.05, 0) is 56.1 Å². The van der Waals surface area contributed by atoms with Crippen molar-refractivity contribution in [2.45, 2.75) is 71.1 Å². The summed E-state index contributed by atoms with van der Waals surface area (Å²) in [5.74, 6) is -3.44. The van der Waals surface area contributed by atoms with E-state index in [0.717, 1.165) is 31.2 Å². The molecule has 8 heteroatoms. The molecule has 1 aromatic carbocycles. The summed E-state index contributed by atoms with van der Waals surface area (Å²) in [6.45, 7) is 5.52. The molecule has 0 radical (unpaired) electrons. The van der Waals surface area contributed by atoms with Crippen LogP contribution in [0, 0.1) is 18.8 Å². The molecule has 0 aliphatic heterocycles. The van der Waals surface area contributed by atoms with Crippen LogP contribution in [0.15, 0.2) is 24.3 Å². The molecule has 1 aromatic rings. The molecule has 0 spiro atoms. The lowest BCUT2D eigenvalue weighted by atomic mass is 9.90. The summed E-state index contributed by atoms with van der Waals surface area (Å²) in [6, 6.07) is 6.11. The zero-order valence-corrected chi connectivity index (χ0v) is 17.8. The second kappa shape index (κ2) is 11.1. The number of amides is 2. The molecule has 1 saturated carbocycles. The minimum Gasteiger partial charge on any atom is -0.461 e. The van der Waals surface area contributed by atoms with Crippen LogP contribution in [0.25, 0.3) is 0 Å². The fourth-order valence-electron chi connectivity index (χ4n) is 3.80. The van der Waals surface area contributed by atoms with Crippen LogP contribution in [-0.4, -0.2) is 40.3 Å². The third kappa shape index (κ3) is 6.27. The molecule has 0 bridgehead atoms. The number of hydrogen-bond donors (Lipinski definition) is 4. The number of rotatable bonds is 9. The monoisotopic (exact) mass is 420 g/mol. The standard InChI is InChI=1S/C22H32N2O6/c1-13(2)12-17(19(25)21(27)24-29)20(26)23-18(16-11-7-4-8-14(16)3)22(28)30-15-9-5-6-10-15/h4,7-8,11,13,15,17-19,25,29H,5-6,9-10,12H2,1-3H3,(H,23,26)(H,24,27)/t17-,18+,19+/m1/s1. The summed E-state index contributed by atoms with van der Waals surface area (Å²) in [4.78, 5) is 37.7. The molecule has 8 nitrogen and oxygen atoms in total. The van der Waals surface area contributed by atoms with Crippen LogP contribution in [-0.2, 0) is 19.1 Å². The topological polar surface area (TPSA) is 125 Å². The first-order chi connectivity index (χ1) is 14.2. The second-order valence-corrected chi connectivity index (χ2v) is 8.30. The summed E-state index contributed by atoms with van der Waals surface area (Å²) in [6.07, 6.45) is 1.87. The molecular formula is C22H32N2O6. The van der Waals surface area contributed by atoms with E-state index in [2.05, 4.69) is 5.32 Å². The van der Waals surface area contributed by atoms with Crippen LogP contribution in [0.5, 0.6) is 0 Å². The number of aliphatic hydroxyl groups is 1. The molecule has 0 heterocycles. The highest BCUT2D eigenvalue weighted by Crippen LogP contribution is 2.26. The first-order valence-electron chi connectivity index (χ1n) is 10.4. The molecule has 1 aliphatic carbocycles. The van der Waals surface area contributed by atoms with Crippen LogP contribution in [0.2, 0.25) is 0 Å². The number of ether oxygens (including phenoxy) is 1. The van der Waals surface area contributed by atoms with Gasteiger partial charge in [-0.1, -0.05) is 38.1 Å². The van der Waals surface area contributed by atoms with E-state index in [1.807, 2.05) is 32.9 Å². The number of aliphatic hydroxyl groups excluding tert-OH is 1. The number of nitrogens with one attached hydrogen (secondary N) is 2. The molecule has 166 valence electrons. The van der Waals surface area contributed by atoms with Gasteiger partial charge in [-0.3, -0.25) is 14.8 Å². The Bertz CT molecular complexity index is 745. The average molecular weight is 421 g/mol. The van der Waals surface area contributed by atoms with E-state index in [1.165, 1.54) is 5.48 Å². The fraction of sp³-hybridized carbons (Fsp3) is 0.591. The van der Waals surface area contributed by atoms with Gasteiger partial charge in [0.05, 0.1) is 5.92 Å². The minimum absolute atomic E-state index is 0.00996. The SMILES string of the molecule is Cc1ccccc1[C@H](NC(=O)[C@H](CC(C)C)[C@H](O)C(=O)NO)C(=O)OC1CCCC1. The van der Waals surface area contributed by atoms with Crippen molar-refractivity contribution in [1.29, 1.82) is 0 Å². The molecule has 1 aliphatic rings. The number of carbonyl (C=O) groups is 3. The van der Waals surface area contributed by atoms with E-state index in [1.54, 1.807) is 12.1 Å². The van der Waals surface area contributed by atoms with Gasteiger partial charge in [0.25, 0.3) is 5.91 Å². The van der Waals surface area contributed by atoms with E-state index in [0.29, 0.717) is 5.56 Å². The number of benzene rings is 1. The Morgan fingerprint density at radius 3 is 2.33 bits per heavy atom. The Hall–Kier alpha value is -2.45. The van der Waals surface area contributed by atoms with Crippen molar-refractivity contribution in [2.75, 3.05) is 0 Å². The van der Waals surface area contributed by atoms with E-state index in [-0.39, 0.29) is 18.4 Å². The first-order valence-corrected chi connectivity index (χ1v) is 10.4. The number of carbonyl (C=O) groups excluding carboxylic acids is 3. The molecule has 0 aromatic heterocycles. The third-order valence-corrected chi connectivity index (χ3v) is 5.43. The molecule has 0 unspecified atom stereocenters. The van der Waals surface area contributed by atoms with Crippen LogP contribution in [0.4, 0.5) is 0 Å². The van der Waals surface area contributed by atoms with Crippen molar-refractivity contribution in [1.82, 2.24) is 10.8 Å². The average Bonchev–Trinajstić information content (AvgIpc) is 3.22. The second-order valence-electron chi connectivity index (χ2n) is 8.30. The lowest BCUT2D eigenvalue weighted by Crippen LogP contribution is -2.48. The zero-order valence-electron chi connectivity index (χ0n) is 17.8. The zero-order chi connectivity index (χ0) is 22.3. The van der Waals surface area contributed by atoms with E-state index in [4.69, 9.17) is 9.94 Å². The highest BCUT2D eigenvalue weighted by Gasteiger charge is 2.36. The Morgan fingerprint density at radius 2 is 1.77 bits per heavy atom. The lowest BCUT2D eigenvalue weighted by Gasteiger charge is -2.26. The lowest BCUT2D eigenvalue weighted by molar-refractivity contribution is -0.154. The van der Waals surface area contributed by atoms with Gasteiger partial charge >= 0.3 is 5.97 Å². The van der Waals surface area contributed by atoms with Gasteiger partial charge in [0, 0.05) is 0 Å². The van der Waals surface area contributed by atoms with Gasteiger partial charge in [0.1, 0.15) is 12.2 Å². The molecule has 2 rings (SSSR count). The van der Waals surface area contributed by atoms with E-state index >= 15 is 0 Å². The first kappa shape index (κ1) is 23.8. The highest BCUT2D eigenvalue weighted by molar-refractivity contribution is 5.91. The Balaban J connectivity index is 2.27. The van der Waals surface area contributed by atoms with Gasteiger partial charge in [-0.25, -0.2) is 10.3 Å². The highest BCUT2D eigenvalue weighted by atomic mass is 16.5. The minimum atomic E-state index is -1.75. The van der Waals surface area contributed by atoms with Gasteiger partial charge in [-0.15, -0.1) is 0 Å². The summed E-state index contributed by atoms with van der Waals surface area (Å²) in [7, 11) is 0. The Morgan fingerprint density at radius 1 is 1.13 bits per heavy atom. The van der Waals surface area contributed by atoms with Crippen molar-refractivity contribution < 1.29 is 29.4 Å². The van der Waals surface area contributed by atoms with Crippen molar-refractivity contribution in [3.8, 4) is 0 Å². The van der Waals surface area contributed by atoms with E-state index in [9.17, 15) is 19.5 Å². The van der Waals surface area contributed by atoms with Gasteiger partial charge in [-0.2, -0.15) is 0 Å². The number of hydroxylamine groups is 1. The van der Waals surface area contributed by atoms with Gasteiger partial charge in [0.15, 0.2) is 6.04 Å². The van der Waals surface area contributed by atoms with Gasteiger partial charge < -0.3 is 15.2 Å². The Labute approximate surface area is 177 Å². The van der Waals surface area contributed by atoms with Crippen molar-refractivity contribution in [2.24, 2.45) is 11.8 Å².